The Hall–Kier alpha value is -2.10. The molecule has 2 aromatic rings. The highest BCUT2D eigenvalue weighted by Gasteiger charge is 2.19. The molecule has 7 nitrogen and oxygen atoms in total. The van der Waals surface area contributed by atoms with Crippen molar-refractivity contribution in [2.75, 3.05) is 39.1 Å². The molecule has 1 aromatic heterocycles. The summed E-state index contributed by atoms with van der Waals surface area (Å²) < 4.78 is 26.1. The molecule has 2 N–H and O–H groups in total. The van der Waals surface area contributed by atoms with Crippen molar-refractivity contribution in [3.63, 3.8) is 0 Å². The highest BCUT2D eigenvalue weighted by molar-refractivity contribution is 7.91. The quantitative estimate of drug-likeness (QED) is 0.502. The van der Waals surface area contributed by atoms with E-state index in [1.165, 1.54) is 39.7 Å². The highest BCUT2D eigenvalue weighted by Crippen LogP contribution is 2.25. The summed E-state index contributed by atoms with van der Waals surface area (Å²) in [4.78, 5) is 7.68. The maximum atomic E-state index is 12.2. The molecule has 1 saturated heterocycles. The molecule has 0 amide bonds. The molecule has 9 heteroatoms. The fraction of sp³-hybridized carbons (Fsp3) is 0.476. The third-order valence-corrected chi connectivity index (χ3v) is 8.59. The third kappa shape index (κ3) is 5.33. The van der Waals surface area contributed by atoms with Gasteiger partial charge in [0, 0.05) is 44.8 Å². The van der Waals surface area contributed by atoms with Crippen LogP contribution in [0.15, 0.2) is 45.6 Å². The van der Waals surface area contributed by atoms with E-state index in [2.05, 4.69) is 51.7 Å². The Morgan fingerprint density at radius 3 is 2.63 bits per heavy atom. The number of anilines is 1. The van der Waals surface area contributed by atoms with Crippen molar-refractivity contribution in [3.8, 4) is 0 Å². The van der Waals surface area contributed by atoms with Gasteiger partial charge in [-0.2, -0.15) is 0 Å². The van der Waals surface area contributed by atoms with Gasteiger partial charge in [0.15, 0.2) is 5.96 Å². The molecule has 0 spiro atoms. The number of benzene rings is 1. The number of guanidine groups is 1. The second-order valence-corrected chi connectivity index (χ2v) is 11.1. The molecule has 2 heterocycles. The zero-order valence-electron chi connectivity index (χ0n) is 18.1. The average Bonchev–Trinajstić information content (AvgIpc) is 3.43. The molecule has 0 radical (unpaired) electrons. The zero-order chi connectivity index (χ0) is 21.7. The topological polar surface area (TPSA) is 77.0 Å². The lowest BCUT2D eigenvalue weighted by atomic mass is 10.1. The number of aliphatic imine (C=N–C) groups is 1. The van der Waals surface area contributed by atoms with Crippen LogP contribution in [0.3, 0.4) is 0 Å². The summed E-state index contributed by atoms with van der Waals surface area (Å²) in [5.74, 6) is 0.680. The number of thiophene rings is 1. The second kappa shape index (κ2) is 9.80. The SMILES string of the molecule is CN=C(NCc1ccc(S(=O)(=O)N(C)C)s1)NC(C)c1cccc(N2CCCC2)c1. The molecule has 0 bridgehead atoms. The summed E-state index contributed by atoms with van der Waals surface area (Å²) in [6, 6.07) is 12.2. The van der Waals surface area contributed by atoms with E-state index in [1.807, 2.05) is 6.07 Å². The lowest BCUT2D eigenvalue weighted by Crippen LogP contribution is -2.38. The first-order valence-corrected chi connectivity index (χ1v) is 12.4. The average molecular weight is 450 g/mol. The van der Waals surface area contributed by atoms with Gasteiger partial charge in [0.1, 0.15) is 4.21 Å². The summed E-state index contributed by atoms with van der Waals surface area (Å²) >= 11 is 1.27. The van der Waals surface area contributed by atoms with Crippen molar-refractivity contribution in [3.05, 3.63) is 46.8 Å². The third-order valence-electron chi connectivity index (χ3n) is 5.22. The molecule has 1 aliphatic heterocycles. The minimum absolute atomic E-state index is 0.0896. The Bertz CT molecular complexity index is 979. The van der Waals surface area contributed by atoms with E-state index in [-0.39, 0.29) is 6.04 Å². The van der Waals surface area contributed by atoms with Crippen LogP contribution in [-0.2, 0) is 16.6 Å². The van der Waals surface area contributed by atoms with Crippen LogP contribution in [0, 0.1) is 0 Å². The first-order valence-electron chi connectivity index (χ1n) is 10.1. The Morgan fingerprint density at radius 1 is 1.23 bits per heavy atom. The summed E-state index contributed by atoms with van der Waals surface area (Å²) in [6.45, 7) is 4.87. The molecule has 1 fully saturated rings. The molecule has 0 saturated carbocycles. The van der Waals surface area contributed by atoms with Gasteiger partial charge in [0.25, 0.3) is 10.0 Å². The lowest BCUT2D eigenvalue weighted by molar-refractivity contribution is 0.523. The van der Waals surface area contributed by atoms with Gasteiger partial charge in [-0.05, 0) is 49.6 Å². The molecule has 1 aromatic carbocycles. The van der Waals surface area contributed by atoms with Crippen LogP contribution in [0.2, 0.25) is 0 Å². The molecule has 30 heavy (non-hydrogen) atoms. The Balaban J connectivity index is 1.60. The van der Waals surface area contributed by atoms with Crippen molar-refractivity contribution in [2.45, 2.75) is 36.6 Å². The van der Waals surface area contributed by atoms with E-state index in [0.717, 1.165) is 18.0 Å². The first kappa shape index (κ1) is 22.6. The van der Waals surface area contributed by atoms with Crippen molar-refractivity contribution >= 4 is 33.0 Å². The minimum Gasteiger partial charge on any atom is -0.372 e. The number of sulfonamides is 1. The molecule has 1 aliphatic rings. The molecular weight excluding hydrogens is 418 g/mol. The van der Waals surface area contributed by atoms with E-state index in [0.29, 0.717) is 16.7 Å². The standard InChI is InChI=1S/C21H31N5O2S2/c1-16(17-8-7-9-18(14-17)26-12-5-6-13-26)24-21(22-2)23-15-19-10-11-20(29-19)30(27,28)25(3)4/h7-11,14,16H,5-6,12-13,15H2,1-4H3,(H2,22,23,24). The van der Waals surface area contributed by atoms with Crippen LogP contribution in [0.4, 0.5) is 5.69 Å². The smallest absolute Gasteiger partial charge is 0.252 e. The van der Waals surface area contributed by atoms with Gasteiger partial charge in [0.05, 0.1) is 12.6 Å². The Kier molecular flexibility index (Phi) is 7.38. The molecule has 164 valence electrons. The highest BCUT2D eigenvalue weighted by atomic mass is 32.2. The maximum absolute atomic E-state index is 12.2. The largest absolute Gasteiger partial charge is 0.372 e. The normalized spacial score (nSPS) is 16.2. The Morgan fingerprint density at radius 2 is 1.97 bits per heavy atom. The Labute approximate surface area is 183 Å². The molecular formula is C21H31N5O2S2. The fourth-order valence-corrected chi connectivity index (χ4v) is 5.86. The molecule has 0 aliphatic carbocycles. The lowest BCUT2D eigenvalue weighted by Gasteiger charge is -2.22. The van der Waals surface area contributed by atoms with E-state index >= 15 is 0 Å². The van der Waals surface area contributed by atoms with Crippen LogP contribution in [0.5, 0.6) is 0 Å². The van der Waals surface area contributed by atoms with Crippen LogP contribution >= 0.6 is 11.3 Å². The monoisotopic (exact) mass is 449 g/mol. The summed E-state index contributed by atoms with van der Waals surface area (Å²) in [5, 5.41) is 6.71. The summed E-state index contributed by atoms with van der Waals surface area (Å²) in [5.41, 5.74) is 2.48. The van der Waals surface area contributed by atoms with Gasteiger partial charge in [-0.3, -0.25) is 4.99 Å². The number of nitrogens with zero attached hydrogens (tertiary/aromatic N) is 3. The van der Waals surface area contributed by atoms with Crippen LogP contribution in [-0.4, -0.2) is 52.9 Å². The van der Waals surface area contributed by atoms with Crippen molar-refractivity contribution in [1.29, 1.82) is 0 Å². The van der Waals surface area contributed by atoms with Crippen molar-refractivity contribution < 1.29 is 8.42 Å². The van der Waals surface area contributed by atoms with Gasteiger partial charge in [-0.15, -0.1) is 11.3 Å². The first-order chi connectivity index (χ1) is 14.3. The van der Waals surface area contributed by atoms with Gasteiger partial charge in [-0.1, -0.05) is 12.1 Å². The molecule has 3 rings (SSSR count). The van der Waals surface area contributed by atoms with Gasteiger partial charge in [0.2, 0.25) is 0 Å². The summed E-state index contributed by atoms with van der Waals surface area (Å²) in [6.07, 6.45) is 2.52. The second-order valence-electron chi connectivity index (χ2n) is 7.59. The van der Waals surface area contributed by atoms with E-state index in [4.69, 9.17) is 0 Å². The van der Waals surface area contributed by atoms with Gasteiger partial charge in [-0.25, -0.2) is 12.7 Å². The predicted molar refractivity (Wildman–Crippen MR) is 125 cm³/mol. The van der Waals surface area contributed by atoms with Crippen molar-refractivity contribution in [1.82, 2.24) is 14.9 Å². The van der Waals surface area contributed by atoms with Crippen molar-refractivity contribution in [2.24, 2.45) is 4.99 Å². The van der Waals surface area contributed by atoms with Crippen LogP contribution < -0.4 is 15.5 Å². The fourth-order valence-electron chi connectivity index (χ4n) is 3.39. The van der Waals surface area contributed by atoms with E-state index in [9.17, 15) is 8.42 Å². The van der Waals surface area contributed by atoms with E-state index < -0.39 is 10.0 Å². The summed E-state index contributed by atoms with van der Waals surface area (Å²) in [7, 11) is 1.42. The number of nitrogens with one attached hydrogen (secondary N) is 2. The van der Waals surface area contributed by atoms with Crippen LogP contribution in [0.1, 0.15) is 36.2 Å². The molecule has 1 unspecified atom stereocenters. The maximum Gasteiger partial charge on any atom is 0.252 e. The zero-order valence-corrected chi connectivity index (χ0v) is 19.7. The minimum atomic E-state index is -3.39. The van der Waals surface area contributed by atoms with Gasteiger partial charge >= 0.3 is 0 Å². The number of hydrogen-bond donors (Lipinski definition) is 2. The van der Waals surface area contributed by atoms with E-state index in [1.54, 1.807) is 27.2 Å². The number of rotatable bonds is 7. The predicted octanol–water partition coefficient (Wildman–Crippen LogP) is 3.02. The molecule has 1 atom stereocenters. The van der Waals surface area contributed by atoms with Gasteiger partial charge < -0.3 is 15.5 Å². The van der Waals surface area contributed by atoms with Crippen LogP contribution in [0.25, 0.3) is 0 Å². The number of hydrogen-bond acceptors (Lipinski definition) is 5.